The number of hydrogen-bond acceptors (Lipinski definition) is 3. The molecular formula is C19H16Cl3NO3. The van der Waals surface area contributed by atoms with E-state index >= 15 is 0 Å². The van der Waals surface area contributed by atoms with E-state index in [1.807, 2.05) is 30.3 Å². The van der Waals surface area contributed by atoms with E-state index in [1.165, 1.54) is 13.0 Å². The Hall–Kier alpha value is -2.01. The quantitative estimate of drug-likeness (QED) is 0.321. The second-order valence-corrected chi connectivity index (χ2v) is 7.74. The van der Waals surface area contributed by atoms with Gasteiger partial charge in [0.2, 0.25) is 15.9 Å². The van der Waals surface area contributed by atoms with E-state index in [0.717, 1.165) is 5.56 Å². The number of halogens is 3. The van der Waals surface area contributed by atoms with Gasteiger partial charge >= 0.3 is 0 Å². The molecule has 1 unspecified atom stereocenters. The lowest BCUT2D eigenvalue weighted by Crippen LogP contribution is -2.47. The highest BCUT2D eigenvalue weighted by Gasteiger charge is 2.35. The Morgan fingerprint density at radius 1 is 1.04 bits per heavy atom. The fraction of sp³-hybridized carbons (Fsp3) is 0.158. The second-order valence-electron chi connectivity index (χ2n) is 5.37. The molecule has 0 saturated heterocycles. The summed E-state index contributed by atoms with van der Waals surface area (Å²) in [5, 5.41) is 2.50. The molecule has 0 radical (unpaired) electrons. The van der Waals surface area contributed by atoms with E-state index in [4.69, 9.17) is 39.5 Å². The summed E-state index contributed by atoms with van der Waals surface area (Å²) in [7, 11) is 0. The summed E-state index contributed by atoms with van der Waals surface area (Å²) in [6.45, 7) is 1.46. The standard InChI is InChI=1S/C19H16Cl3NO3/c1-13(24)15-8-10-16(11-9-15)26-18(19(20,21)22)23-17(25)12-7-14-5-3-2-4-6-14/h2-12,18H,1H3,(H,23,25)/b12-7+. The van der Waals surface area contributed by atoms with Gasteiger partial charge in [0.15, 0.2) is 5.78 Å². The largest absolute Gasteiger partial charge is 0.466 e. The number of amides is 1. The lowest BCUT2D eigenvalue weighted by atomic mass is 10.1. The third-order valence-electron chi connectivity index (χ3n) is 3.31. The Morgan fingerprint density at radius 3 is 2.19 bits per heavy atom. The third-order valence-corrected chi connectivity index (χ3v) is 3.91. The van der Waals surface area contributed by atoms with Gasteiger partial charge in [-0.3, -0.25) is 9.59 Å². The maximum Gasteiger partial charge on any atom is 0.246 e. The first-order chi connectivity index (χ1) is 12.3. The van der Waals surface area contributed by atoms with Gasteiger partial charge in [0.25, 0.3) is 0 Å². The highest BCUT2D eigenvalue weighted by atomic mass is 35.6. The van der Waals surface area contributed by atoms with Gasteiger partial charge in [-0.2, -0.15) is 0 Å². The molecule has 136 valence electrons. The molecule has 2 aromatic carbocycles. The van der Waals surface area contributed by atoms with Crippen LogP contribution in [-0.2, 0) is 4.79 Å². The topological polar surface area (TPSA) is 55.4 Å². The molecule has 0 spiro atoms. The molecule has 1 amide bonds. The van der Waals surface area contributed by atoms with Crippen LogP contribution < -0.4 is 10.1 Å². The molecule has 7 heteroatoms. The average Bonchev–Trinajstić information content (AvgIpc) is 2.60. The fourth-order valence-corrected chi connectivity index (χ4v) is 2.29. The molecule has 0 aromatic heterocycles. The minimum atomic E-state index is -1.89. The first-order valence-electron chi connectivity index (χ1n) is 7.64. The molecule has 2 rings (SSSR count). The average molecular weight is 413 g/mol. The molecule has 0 aliphatic heterocycles. The van der Waals surface area contributed by atoms with Crippen molar-refractivity contribution in [3.8, 4) is 5.75 Å². The smallest absolute Gasteiger partial charge is 0.246 e. The Balaban J connectivity index is 2.06. The van der Waals surface area contributed by atoms with Gasteiger partial charge in [-0.05, 0) is 42.8 Å². The second kappa shape index (κ2) is 9.08. The molecule has 4 nitrogen and oxygen atoms in total. The number of hydrogen-bond donors (Lipinski definition) is 1. The molecule has 0 bridgehead atoms. The molecule has 0 aliphatic rings. The number of carbonyl (C=O) groups is 2. The maximum atomic E-state index is 12.1. The van der Waals surface area contributed by atoms with Crippen LogP contribution in [-0.4, -0.2) is 21.7 Å². The first-order valence-corrected chi connectivity index (χ1v) is 8.77. The zero-order valence-corrected chi connectivity index (χ0v) is 16.1. The minimum Gasteiger partial charge on any atom is -0.466 e. The van der Waals surface area contributed by atoms with Crippen LogP contribution in [0.3, 0.4) is 0 Å². The molecule has 0 heterocycles. The van der Waals surface area contributed by atoms with Gasteiger partial charge in [-0.25, -0.2) is 0 Å². The molecule has 2 aromatic rings. The van der Waals surface area contributed by atoms with Crippen LogP contribution in [0, 0.1) is 0 Å². The van der Waals surface area contributed by atoms with Gasteiger partial charge in [0.05, 0.1) is 0 Å². The highest BCUT2D eigenvalue weighted by molar-refractivity contribution is 6.68. The predicted molar refractivity (Wildman–Crippen MR) is 105 cm³/mol. The number of ketones is 1. The van der Waals surface area contributed by atoms with Crippen LogP contribution in [0.15, 0.2) is 60.7 Å². The van der Waals surface area contributed by atoms with Crippen molar-refractivity contribution in [2.45, 2.75) is 16.9 Å². The van der Waals surface area contributed by atoms with Crippen molar-refractivity contribution >= 4 is 52.6 Å². The Bertz CT molecular complexity index is 784. The Morgan fingerprint density at radius 2 is 1.65 bits per heavy atom. The minimum absolute atomic E-state index is 0.0752. The number of carbonyl (C=O) groups excluding carboxylic acids is 2. The van der Waals surface area contributed by atoms with Crippen molar-refractivity contribution in [2.24, 2.45) is 0 Å². The normalized spacial score (nSPS) is 12.6. The zero-order valence-electron chi connectivity index (χ0n) is 13.8. The van der Waals surface area contributed by atoms with Gasteiger partial charge in [-0.15, -0.1) is 0 Å². The molecule has 0 fully saturated rings. The van der Waals surface area contributed by atoms with Crippen molar-refractivity contribution in [3.05, 3.63) is 71.8 Å². The maximum absolute atomic E-state index is 12.1. The van der Waals surface area contributed by atoms with E-state index in [1.54, 1.807) is 30.3 Å². The predicted octanol–water partition coefficient (Wildman–Crippen LogP) is 4.79. The lowest BCUT2D eigenvalue weighted by Gasteiger charge is -2.25. The van der Waals surface area contributed by atoms with Gasteiger partial charge in [0.1, 0.15) is 5.75 Å². The molecular weight excluding hydrogens is 397 g/mol. The van der Waals surface area contributed by atoms with Crippen LogP contribution in [0.1, 0.15) is 22.8 Å². The lowest BCUT2D eigenvalue weighted by molar-refractivity contribution is -0.118. The third kappa shape index (κ3) is 6.37. The summed E-state index contributed by atoms with van der Waals surface area (Å²) in [4.78, 5) is 23.4. The van der Waals surface area contributed by atoms with E-state index in [9.17, 15) is 9.59 Å². The van der Waals surface area contributed by atoms with E-state index in [2.05, 4.69) is 5.32 Å². The number of Topliss-reactive ketones (excluding diaryl/α,β-unsaturated/α-hetero) is 1. The van der Waals surface area contributed by atoms with Crippen LogP contribution >= 0.6 is 34.8 Å². The van der Waals surface area contributed by atoms with Crippen molar-refractivity contribution in [3.63, 3.8) is 0 Å². The summed E-state index contributed by atoms with van der Waals surface area (Å²) in [5.74, 6) is -0.210. The Labute approximate surface area is 166 Å². The van der Waals surface area contributed by atoms with Crippen LogP contribution in [0.5, 0.6) is 5.75 Å². The van der Waals surface area contributed by atoms with Crippen molar-refractivity contribution in [2.75, 3.05) is 0 Å². The molecule has 0 aliphatic carbocycles. The summed E-state index contributed by atoms with van der Waals surface area (Å²) in [5.41, 5.74) is 1.38. The molecule has 0 saturated carbocycles. The SMILES string of the molecule is CC(=O)c1ccc(OC(NC(=O)/C=C/c2ccccc2)C(Cl)(Cl)Cl)cc1. The molecule has 1 atom stereocenters. The van der Waals surface area contributed by atoms with E-state index in [-0.39, 0.29) is 5.78 Å². The van der Waals surface area contributed by atoms with Crippen molar-refractivity contribution < 1.29 is 14.3 Å². The van der Waals surface area contributed by atoms with Gasteiger partial charge in [0, 0.05) is 11.6 Å². The van der Waals surface area contributed by atoms with Crippen LogP contribution in [0.2, 0.25) is 0 Å². The number of ether oxygens (including phenoxy) is 1. The summed E-state index contributed by atoms with van der Waals surface area (Å²) < 4.78 is 3.67. The van der Waals surface area contributed by atoms with Crippen molar-refractivity contribution in [1.29, 1.82) is 0 Å². The van der Waals surface area contributed by atoms with Crippen molar-refractivity contribution in [1.82, 2.24) is 5.32 Å². The molecule has 26 heavy (non-hydrogen) atoms. The van der Waals surface area contributed by atoms with E-state index < -0.39 is 15.9 Å². The molecule has 1 N–H and O–H groups in total. The zero-order chi connectivity index (χ0) is 19.2. The summed E-state index contributed by atoms with van der Waals surface area (Å²) >= 11 is 17.7. The first kappa shape index (κ1) is 20.3. The fourth-order valence-electron chi connectivity index (χ4n) is 2.00. The summed E-state index contributed by atoms with van der Waals surface area (Å²) in [6.07, 6.45) is 1.73. The number of nitrogens with one attached hydrogen (secondary N) is 1. The summed E-state index contributed by atoms with van der Waals surface area (Å²) in [6, 6.07) is 15.6. The van der Waals surface area contributed by atoms with Gasteiger partial charge < -0.3 is 10.1 Å². The monoisotopic (exact) mass is 411 g/mol. The van der Waals surface area contributed by atoms with Crippen LogP contribution in [0.25, 0.3) is 6.08 Å². The number of benzene rings is 2. The number of rotatable bonds is 6. The van der Waals surface area contributed by atoms with Crippen LogP contribution in [0.4, 0.5) is 0 Å². The highest BCUT2D eigenvalue weighted by Crippen LogP contribution is 2.32. The number of alkyl halides is 3. The Kier molecular flexibility index (Phi) is 7.09. The van der Waals surface area contributed by atoms with E-state index in [0.29, 0.717) is 11.3 Å². The van der Waals surface area contributed by atoms with Gasteiger partial charge in [-0.1, -0.05) is 65.1 Å².